The van der Waals surface area contributed by atoms with Gasteiger partial charge in [0.05, 0.1) is 4.88 Å². The van der Waals surface area contributed by atoms with Gasteiger partial charge in [0.2, 0.25) is 5.89 Å². The maximum absolute atomic E-state index is 5.60. The van der Waals surface area contributed by atoms with Crippen molar-refractivity contribution in [3.05, 3.63) is 23.4 Å². The highest BCUT2D eigenvalue weighted by Gasteiger charge is 2.08. The molecule has 0 amide bonds. The third-order valence-electron chi connectivity index (χ3n) is 2.32. The molecule has 5 heteroatoms. The SMILES string of the molecule is CC(C)NCCCc1nnc(-c2cccs2)o1. The van der Waals surface area contributed by atoms with E-state index in [2.05, 4.69) is 29.4 Å². The molecule has 0 saturated carbocycles. The lowest BCUT2D eigenvalue weighted by atomic mass is 10.3. The first-order chi connectivity index (χ1) is 8.25. The summed E-state index contributed by atoms with van der Waals surface area (Å²) in [7, 11) is 0. The number of hydrogen-bond donors (Lipinski definition) is 1. The van der Waals surface area contributed by atoms with E-state index in [1.165, 1.54) is 0 Å². The Morgan fingerprint density at radius 3 is 3.00 bits per heavy atom. The monoisotopic (exact) mass is 251 g/mol. The molecule has 1 N–H and O–H groups in total. The smallest absolute Gasteiger partial charge is 0.257 e. The summed E-state index contributed by atoms with van der Waals surface area (Å²) in [6.45, 7) is 5.26. The van der Waals surface area contributed by atoms with Crippen molar-refractivity contribution in [3.63, 3.8) is 0 Å². The van der Waals surface area contributed by atoms with E-state index in [1.54, 1.807) is 11.3 Å². The molecule has 2 aromatic rings. The minimum Gasteiger partial charge on any atom is -0.420 e. The molecule has 2 rings (SSSR count). The normalized spacial score (nSPS) is 11.2. The summed E-state index contributed by atoms with van der Waals surface area (Å²) in [6, 6.07) is 4.50. The number of aryl methyl sites for hydroxylation is 1. The zero-order valence-corrected chi connectivity index (χ0v) is 11.0. The summed E-state index contributed by atoms with van der Waals surface area (Å²) in [5, 5.41) is 13.5. The van der Waals surface area contributed by atoms with Crippen molar-refractivity contribution < 1.29 is 4.42 Å². The van der Waals surface area contributed by atoms with Gasteiger partial charge in [-0.2, -0.15) is 0 Å². The summed E-state index contributed by atoms with van der Waals surface area (Å²) < 4.78 is 5.60. The van der Waals surface area contributed by atoms with Crippen molar-refractivity contribution in [1.82, 2.24) is 15.5 Å². The molecule has 2 aromatic heterocycles. The van der Waals surface area contributed by atoms with Crippen molar-refractivity contribution in [2.45, 2.75) is 32.7 Å². The van der Waals surface area contributed by atoms with Crippen LogP contribution in [0.1, 0.15) is 26.2 Å². The molecule has 2 heterocycles. The summed E-state index contributed by atoms with van der Waals surface area (Å²) in [6.07, 6.45) is 1.85. The van der Waals surface area contributed by atoms with E-state index >= 15 is 0 Å². The van der Waals surface area contributed by atoms with E-state index in [1.807, 2.05) is 17.5 Å². The molecule has 17 heavy (non-hydrogen) atoms. The largest absolute Gasteiger partial charge is 0.420 e. The van der Waals surface area contributed by atoms with Crippen molar-refractivity contribution in [2.75, 3.05) is 6.54 Å². The quantitative estimate of drug-likeness (QED) is 0.802. The molecule has 0 aliphatic rings. The van der Waals surface area contributed by atoms with Crippen LogP contribution in [0, 0.1) is 0 Å². The Bertz CT molecular complexity index is 436. The van der Waals surface area contributed by atoms with E-state index in [0.29, 0.717) is 11.9 Å². The Morgan fingerprint density at radius 1 is 1.41 bits per heavy atom. The summed E-state index contributed by atoms with van der Waals surface area (Å²) in [4.78, 5) is 1.03. The van der Waals surface area contributed by atoms with Crippen molar-refractivity contribution >= 4 is 11.3 Å². The van der Waals surface area contributed by atoms with E-state index < -0.39 is 0 Å². The second-order valence-electron chi connectivity index (χ2n) is 4.19. The minimum atomic E-state index is 0.527. The maximum Gasteiger partial charge on any atom is 0.257 e. The van der Waals surface area contributed by atoms with Gasteiger partial charge in [-0.3, -0.25) is 0 Å². The van der Waals surface area contributed by atoms with Gasteiger partial charge >= 0.3 is 0 Å². The predicted molar refractivity (Wildman–Crippen MR) is 69.1 cm³/mol. The average molecular weight is 251 g/mol. The van der Waals surface area contributed by atoms with Gasteiger partial charge in [-0.15, -0.1) is 21.5 Å². The van der Waals surface area contributed by atoms with Gasteiger partial charge in [0.25, 0.3) is 5.89 Å². The van der Waals surface area contributed by atoms with Gasteiger partial charge in [-0.25, -0.2) is 0 Å². The molecule has 0 aromatic carbocycles. The Hall–Kier alpha value is -1.20. The second kappa shape index (κ2) is 5.93. The van der Waals surface area contributed by atoms with Crippen molar-refractivity contribution in [2.24, 2.45) is 0 Å². The molecule has 0 saturated heterocycles. The average Bonchev–Trinajstić information content (AvgIpc) is 2.94. The third-order valence-corrected chi connectivity index (χ3v) is 3.18. The Balaban J connectivity index is 1.83. The molecule has 92 valence electrons. The highest BCUT2D eigenvalue weighted by atomic mass is 32.1. The fourth-order valence-corrected chi connectivity index (χ4v) is 2.13. The van der Waals surface area contributed by atoms with Gasteiger partial charge in [-0.1, -0.05) is 19.9 Å². The van der Waals surface area contributed by atoms with Crippen LogP contribution in [0.15, 0.2) is 21.9 Å². The molecule has 0 bridgehead atoms. The standard InChI is InChI=1S/C12H17N3OS/c1-9(2)13-7-3-6-11-14-15-12(16-11)10-5-4-8-17-10/h4-5,8-9,13H,3,6-7H2,1-2H3. The Morgan fingerprint density at radius 2 is 2.29 bits per heavy atom. The van der Waals surface area contributed by atoms with Gasteiger partial charge < -0.3 is 9.73 Å². The topological polar surface area (TPSA) is 51.0 Å². The minimum absolute atomic E-state index is 0.527. The van der Waals surface area contributed by atoms with Gasteiger partial charge in [-0.05, 0) is 24.4 Å². The molecule has 4 nitrogen and oxygen atoms in total. The molecule has 0 aliphatic heterocycles. The van der Waals surface area contributed by atoms with Crippen molar-refractivity contribution in [1.29, 1.82) is 0 Å². The van der Waals surface area contributed by atoms with Crippen LogP contribution in [0.3, 0.4) is 0 Å². The summed E-state index contributed by atoms with van der Waals surface area (Å²) >= 11 is 1.61. The van der Waals surface area contributed by atoms with Crippen LogP contribution >= 0.6 is 11.3 Å². The second-order valence-corrected chi connectivity index (χ2v) is 5.14. The molecular weight excluding hydrogens is 234 g/mol. The number of aromatic nitrogens is 2. The molecular formula is C12H17N3OS. The van der Waals surface area contributed by atoms with Crippen LogP contribution in [0.5, 0.6) is 0 Å². The lowest BCUT2D eigenvalue weighted by molar-refractivity contribution is 0.484. The summed E-state index contributed by atoms with van der Waals surface area (Å²) in [5.74, 6) is 1.35. The van der Waals surface area contributed by atoms with Crippen LogP contribution < -0.4 is 5.32 Å². The number of thiophene rings is 1. The van der Waals surface area contributed by atoms with E-state index in [4.69, 9.17) is 4.42 Å². The molecule has 0 spiro atoms. The number of hydrogen-bond acceptors (Lipinski definition) is 5. The van der Waals surface area contributed by atoms with Crippen LogP contribution in [-0.4, -0.2) is 22.8 Å². The predicted octanol–water partition coefficient (Wildman–Crippen LogP) is 2.73. The summed E-state index contributed by atoms with van der Waals surface area (Å²) in [5.41, 5.74) is 0. The molecule has 0 radical (unpaired) electrons. The van der Waals surface area contributed by atoms with Crippen molar-refractivity contribution in [3.8, 4) is 10.8 Å². The first kappa shape index (κ1) is 12.3. The number of nitrogens with zero attached hydrogens (tertiary/aromatic N) is 2. The number of nitrogens with one attached hydrogen (secondary N) is 1. The zero-order chi connectivity index (χ0) is 12.1. The highest BCUT2D eigenvalue weighted by molar-refractivity contribution is 7.13. The van der Waals surface area contributed by atoms with E-state index in [-0.39, 0.29) is 0 Å². The zero-order valence-electron chi connectivity index (χ0n) is 10.1. The van der Waals surface area contributed by atoms with Gasteiger partial charge in [0.15, 0.2) is 0 Å². The number of rotatable bonds is 6. The van der Waals surface area contributed by atoms with Crippen LogP contribution in [-0.2, 0) is 6.42 Å². The van der Waals surface area contributed by atoms with Gasteiger partial charge in [0, 0.05) is 12.5 Å². The van der Waals surface area contributed by atoms with E-state index in [0.717, 1.165) is 30.2 Å². The highest BCUT2D eigenvalue weighted by Crippen LogP contribution is 2.23. The Kier molecular flexibility index (Phi) is 4.28. The van der Waals surface area contributed by atoms with Crippen LogP contribution in [0.2, 0.25) is 0 Å². The lowest BCUT2D eigenvalue weighted by Crippen LogP contribution is -2.23. The first-order valence-corrected chi connectivity index (χ1v) is 6.73. The third kappa shape index (κ3) is 3.64. The van der Waals surface area contributed by atoms with Gasteiger partial charge in [0.1, 0.15) is 0 Å². The molecule has 0 fully saturated rings. The fraction of sp³-hybridized carbons (Fsp3) is 0.500. The maximum atomic E-state index is 5.60. The van der Waals surface area contributed by atoms with Crippen LogP contribution in [0.25, 0.3) is 10.8 Å². The molecule has 0 unspecified atom stereocenters. The molecule has 0 aliphatic carbocycles. The molecule has 0 atom stereocenters. The van der Waals surface area contributed by atoms with Crippen LogP contribution in [0.4, 0.5) is 0 Å². The lowest BCUT2D eigenvalue weighted by Gasteiger charge is -2.05. The van der Waals surface area contributed by atoms with E-state index in [9.17, 15) is 0 Å². The fourth-order valence-electron chi connectivity index (χ4n) is 1.48. The Labute approximate surface area is 105 Å². The first-order valence-electron chi connectivity index (χ1n) is 5.85.